The van der Waals surface area contributed by atoms with Gasteiger partial charge in [0.1, 0.15) is 0 Å². The van der Waals surface area contributed by atoms with Gasteiger partial charge in [0, 0.05) is 31.2 Å². The maximum Gasteiger partial charge on any atom is 0.412 e. The van der Waals surface area contributed by atoms with Crippen molar-refractivity contribution in [2.75, 3.05) is 7.11 Å². The van der Waals surface area contributed by atoms with Gasteiger partial charge in [-0.05, 0) is 13.8 Å². The summed E-state index contributed by atoms with van der Waals surface area (Å²) in [5, 5.41) is 11.4. The van der Waals surface area contributed by atoms with Crippen LogP contribution in [-0.2, 0) is 9.53 Å². The molecule has 7 heteroatoms. The number of nitrogens with one attached hydrogen (secondary N) is 1. The average molecular weight is 255 g/mol. The predicted molar refractivity (Wildman–Crippen MR) is 55.0 cm³/mol. The Morgan fingerprint density at radius 2 is 2.06 bits per heavy atom. The van der Waals surface area contributed by atoms with Gasteiger partial charge < -0.3 is 15.2 Å². The minimum Gasteiger partial charge on any atom is -0.368 e. The standard InChI is InChI=1S/C10H16F3NO3/c1-6(10(11,12)13)4-8(15)14-7(2)5-9(16)17-3/h4,7,9,16H,5H2,1-3H3,(H,14,15)/b6-4+. The van der Waals surface area contributed by atoms with Crippen LogP contribution in [0.25, 0.3) is 0 Å². The molecular weight excluding hydrogens is 239 g/mol. The molecule has 0 aromatic carbocycles. The monoisotopic (exact) mass is 255 g/mol. The van der Waals surface area contributed by atoms with Gasteiger partial charge in [-0.1, -0.05) is 0 Å². The summed E-state index contributed by atoms with van der Waals surface area (Å²) < 4.78 is 40.9. The van der Waals surface area contributed by atoms with Crippen LogP contribution in [0.5, 0.6) is 0 Å². The van der Waals surface area contributed by atoms with E-state index < -0.39 is 30.0 Å². The topological polar surface area (TPSA) is 58.6 Å². The van der Waals surface area contributed by atoms with Crippen molar-refractivity contribution in [2.24, 2.45) is 0 Å². The minimum absolute atomic E-state index is 0.0984. The molecular formula is C10H16F3NO3. The summed E-state index contributed by atoms with van der Waals surface area (Å²) in [6.45, 7) is 2.37. The lowest BCUT2D eigenvalue weighted by atomic mass is 10.2. The molecule has 1 amide bonds. The average Bonchev–Trinajstić information content (AvgIpc) is 2.15. The van der Waals surface area contributed by atoms with E-state index in [1.165, 1.54) is 7.11 Å². The highest BCUT2D eigenvalue weighted by Gasteiger charge is 2.30. The molecule has 100 valence electrons. The van der Waals surface area contributed by atoms with Gasteiger partial charge >= 0.3 is 6.18 Å². The van der Waals surface area contributed by atoms with Crippen molar-refractivity contribution in [2.45, 2.75) is 38.8 Å². The van der Waals surface area contributed by atoms with Gasteiger partial charge in [0.05, 0.1) is 0 Å². The van der Waals surface area contributed by atoms with Gasteiger partial charge in [0.25, 0.3) is 0 Å². The molecule has 0 aliphatic heterocycles. The third-order valence-electron chi connectivity index (χ3n) is 2.01. The Hall–Kier alpha value is -1.08. The van der Waals surface area contributed by atoms with E-state index >= 15 is 0 Å². The second-order valence-corrected chi connectivity index (χ2v) is 3.66. The second-order valence-electron chi connectivity index (χ2n) is 3.66. The smallest absolute Gasteiger partial charge is 0.368 e. The van der Waals surface area contributed by atoms with E-state index in [0.717, 1.165) is 6.92 Å². The third-order valence-corrected chi connectivity index (χ3v) is 2.01. The SMILES string of the molecule is COC(O)CC(C)NC(=O)/C=C(\C)C(F)(F)F. The van der Waals surface area contributed by atoms with E-state index in [1.54, 1.807) is 6.92 Å². The molecule has 0 fully saturated rings. The number of hydrogen-bond donors (Lipinski definition) is 2. The molecule has 17 heavy (non-hydrogen) atoms. The molecule has 0 aliphatic rings. The van der Waals surface area contributed by atoms with Crippen LogP contribution in [0, 0.1) is 0 Å². The van der Waals surface area contributed by atoms with Crippen LogP contribution in [0.1, 0.15) is 20.3 Å². The Balaban J connectivity index is 4.28. The first-order valence-electron chi connectivity index (χ1n) is 4.93. The first-order valence-corrected chi connectivity index (χ1v) is 4.93. The molecule has 4 nitrogen and oxygen atoms in total. The highest BCUT2D eigenvalue weighted by Crippen LogP contribution is 2.24. The van der Waals surface area contributed by atoms with Crippen LogP contribution in [0.15, 0.2) is 11.6 Å². The fourth-order valence-corrected chi connectivity index (χ4v) is 1.02. The van der Waals surface area contributed by atoms with Crippen molar-refractivity contribution < 1.29 is 27.8 Å². The zero-order chi connectivity index (χ0) is 13.6. The highest BCUT2D eigenvalue weighted by molar-refractivity contribution is 5.88. The Kier molecular flexibility index (Phi) is 6.19. The largest absolute Gasteiger partial charge is 0.412 e. The zero-order valence-corrected chi connectivity index (χ0v) is 9.84. The molecule has 0 spiro atoms. The Morgan fingerprint density at radius 3 is 2.47 bits per heavy atom. The molecule has 0 saturated carbocycles. The summed E-state index contributed by atoms with van der Waals surface area (Å²) in [5.74, 6) is -0.851. The van der Waals surface area contributed by atoms with E-state index in [0.29, 0.717) is 6.08 Å². The maximum absolute atomic E-state index is 12.1. The van der Waals surface area contributed by atoms with E-state index in [-0.39, 0.29) is 6.42 Å². The molecule has 0 rings (SSSR count). The molecule has 2 unspecified atom stereocenters. The molecule has 0 heterocycles. The van der Waals surface area contributed by atoms with Crippen LogP contribution in [0.3, 0.4) is 0 Å². The van der Waals surface area contributed by atoms with Crippen LogP contribution in [0.4, 0.5) is 13.2 Å². The van der Waals surface area contributed by atoms with Gasteiger partial charge in [-0.25, -0.2) is 0 Å². The van der Waals surface area contributed by atoms with Crippen molar-refractivity contribution in [1.82, 2.24) is 5.32 Å². The number of hydrogen-bond acceptors (Lipinski definition) is 3. The number of methoxy groups -OCH3 is 1. The van der Waals surface area contributed by atoms with Gasteiger partial charge in [0.15, 0.2) is 6.29 Å². The van der Waals surface area contributed by atoms with Crippen LogP contribution in [0.2, 0.25) is 0 Å². The van der Waals surface area contributed by atoms with Gasteiger partial charge in [-0.15, -0.1) is 0 Å². The van der Waals surface area contributed by atoms with E-state index in [9.17, 15) is 18.0 Å². The Bertz CT molecular complexity index is 289. The molecule has 0 radical (unpaired) electrons. The van der Waals surface area contributed by atoms with Crippen molar-refractivity contribution in [3.8, 4) is 0 Å². The van der Waals surface area contributed by atoms with Crippen LogP contribution in [-0.4, -0.2) is 36.6 Å². The van der Waals surface area contributed by atoms with E-state index in [1.807, 2.05) is 0 Å². The number of alkyl halides is 3. The van der Waals surface area contributed by atoms with Crippen molar-refractivity contribution in [1.29, 1.82) is 0 Å². The Morgan fingerprint density at radius 1 is 1.53 bits per heavy atom. The molecule has 0 aliphatic carbocycles. The number of ether oxygens (including phenoxy) is 1. The summed E-state index contributed by atoms with van der Waals surface area (Å²) in [5.41, 5.74) is -0.977. The number of carbonyl (C=O) groups excluding carboxylic acids is 1. The number of carbonyl (C=O) groups is 1. The number of allylic oxidation sites excluding steroid dienone is 1. The zero-order valence-electron chi connectivity index (χ0n) is 9.84. The normalized spacial score (nSPS) is 16.5. The summed E-state index contributed by atoms with van der Waals surface area (Å²) in [7, 11) is 1.28. The molecule has 0 aromatic rings. The summed E-state index contributed by atoms with van der Waals surface area (Å²) >= 11 is 0. The Labute approximate surface area is 97.4 Å². The molecule has 2 atom stereocenters. The van der Waals surface area contributed by atoms with Crippen molar-refractivity contribution >= 4 is 5.91 Å². The van der Waals surface area contributed by atoms with Gasteiger partial charge in [0.2, 0.25) is 5.91 Å². The van der Waals surface area contributed by atoms with E-state index in [2.05, 4.69) is 10.1 Å². The molecule has 0 aromatic heterocycles. The predicted octanol–water partition coefficient (Wildman–Crippen LogP) is 1.35. The fourth-order valence-electron chi connectivity index (χ4n) is 1.02. The number of halogens is 3. The van der Waals surface area contributed by atoms with Gasteiger partial charge in [-0.2, -0.15) is 13.2 Å². The van der Waals surface area contributed by atoms with Crippen LogP contribution < -0.4 is 5.32 Å². The molecule has 2 N–H and O–H groups in total. The number of rotatable bonds is 5. The first-order chi connectivity index (χ1) is 7.66. The maximum atomic E-state index is 12.1. The van der Waals surface area contributed by atoms with Crippen LogP contribution >= 0.6 is 0 Å². The fraction of sp³-hybridized carbons (Fsp3) is 0.700. The lowest BCUT2D eigenvalue weighted by Gasteiger charge is -2.16. The van der Waals surface area contributed by atoms with Crippen molar-refractivity contribution in [3.05, 3.63) is 11.6 Å². The number of aliphatic hydroxyl groups excluding tert-OH is 1. The minimum atomic E-state index is -4.51. The highest BCUT2D eigenvalue weighted by atomic mass is 19.4. The quantitative estimate of drug-likeness (QED) is 0.576. The number of aliphatic hydroxyl groups is 1. The second kappa shape index (κ2) is 6.61. The summed E-state index contributed by atoms with van der Waals surface area (Å²) in [4.78, 5) is 11.2. The first kappa shape index (κ1) is 15.9. The van der Waals surface area contributed by atoms with Crippen molar-refractivity contribution in [3.63, 3.8) is 0 Å². The molecule has 0 bridgehead atoms. The lowest BCUT2D eigenvalue weighted by Crippen LogP contribution is -2.35. The molecule has 0 saturated heterocycles. The lowest BCUT2D eigenvalue weighted by molar-refractivity contribution is -0.120. The van der Waals surface area contributed by atoms with E-state index in [4.69, 9.17) is 5.11 Å². The van der Waals surface area contributed by atoms with Gasteiger partial charge in [-0.3, -0.25) is 4.79 Å². The third kappa shape index (κ3) is 6.96. The number of amides is 1. The summed E-state index contributed by atoms with van der Waals surface area (Å²) in [6, 6.07) is -0.491. The summed E-state index contributed by atoms with van der Waals surface area (Å²) in [6.07, 6.45) is -4.98.